The van der Waals surface area contributed by atoms with Crippen LogP contribution >= 0.6 is 0 Å². The predicted molar refractivity (Wildman–Crippen MR) is 73.8 cm³/mol. The highest BCUT2D eigenvalue weighted by Gasteiger charge is 2.26. The van der Waals surface area contributed by atoms with E-state index >= 15 is 0 Å². The van der Waals surface area contributed by atoms with E-state index in [1.807, 2.05) is 0 Å². The second-order valence-electron chi connectivity index (χ2n) is 5.49. The molecular formula is C16H22O. The molecule has 92 valence electrons. The largest absolute Gasteiger partial charge is 0.483 e. The van der Waals surface area contributed by atoms with Crippen molar-refractivity contribution in [2.75, 3.05) is 0 Å². The van der Waals surface area contributed by atoms with E-state index in [2.05, 4.69) is 53.7 Å². The Hall–Kier alpha value is -1.24. The lowest BCUT2D eigenvalue weighted by Crippen LogP contribution is -2.28. The smallest absolute Gasteiger partial charge is 0.131 e. The number of fused-ring (bicyclic) bond motifs is 1. The van der Waals surface area contributed by atoms with Gasteiger partial charge in [0.15, 0.2) is 0 Å². The van der Waals surface area contributed by atoms with Gasteiger partial charge in [0.2, 0.25) is 0 Å². The summed E-state index contributed by atoms with van der Waals surface area (Å²) in [5, 5.41) is 0. The second kappa shape index (κ2) is 3.90. The lowest BCUT2D eigenvalue weighted by Gasteiger charge is -2.31. The van der Waals surface area contributed by atoms with Crippen LogP contribution in [0.25, 0.3) is 6.08 Å². The molecule has 0 unspecified atom stereocenters. The van der Waals surface area contributed by atoms with Crippen molar-refractivity contribution in [3.63, 3.8) is 0 Å². The summed E-state index contributed by atoms with van der Waals surface area (Å²) in [4.78, 5) is 0. The first-order valence-electron chi connectivity index (χ1n) is 6.38. The van der Waals surface area contributed by atoms with E-state index in [0.717, 1.165) is 12.2 Å². The van der Waals surface area contributed by atoms with Gasteiger partial charge in [-0.1, -0.05) is 13.0 Å². The molecular weight excluding hydrogens is 208 g/mol. The van der Waals surface area contributed by atoms with E-state index in [-0.39, 0.29) is 5.60 Å². The molecule has 1 aromatic carbocycles. The Morgan fingerprint density at radius 2 is 1.71 bits per heavy atom. The second-order valence-corrected chi connectivity index (χ2v) is 5.49. The van der Waals surface area contributed by atoms with Crippen molar-refractivity contribution < 1.29 is 4.74 Å². The fourth-order valence-corrected chi connectivity index (χ4v) is 2.56. The molecule has 1 nitrogen and oxygen atoms in total. The standard InChI is InChI=1S/C16H22O/c1-7-13-11(3)10(2)12(4)15-14(13)8-9-16(5,6)17-15/h8-9H,7H2,1-6H3. The van der Waals surface area contributed by atoms with Crippen LogP contribution in [0.15, 0.2) is 6.08 Å². The molecule has 0 radical (unpaired) electrons. The van der Waals surface area contributed by atoms with Crippen molar-refractivity contribution in [2.24, 2.45) is 0 Å². The van der Waals surface area contributed by atoms with Gasteiger partial charge >= 0.3 is 0 Å². The third-order valence-electron chi connectivity index (χ3n) is 3.86. The highest BCUT2D eigenvalue weighted by Crippen LogP contribution is 2.39. The summed E-state index contributed by atoms with van der Waals surface area (Å²) in [7, 11) is 0. The zero-order valence-corrected chi connectivity index (χ0v) is 11.8. The Bertz CT molecular complexity index is 493. The van der Waals surface area contributed by atoms with Crippen LogP contribution < -0.4 is 4.74 Å². The van der Waals surface area contributed by atoms with Gasteiger partial charge in [-0.3, -0.25) is 0 Å². The first-order valence-corrected chi connectivity index (χ1v) is 6.38. The summed E-state index contributed by atoms with van der Waals surface area (Å²) in [5.41, 5.74) is 6.59. The summed E-state index contributed by atoms with van der Waals surface area (Å²) in [6.45, 7) is 13.0. The van der Waals surface area contributed by atoms with Crippen molar-refractivity contribution in [3.05, 3.63) is 33.9 Å². The summed E-state index contributed by atoms with van der Waals surface area (Å²) >= 11 is 0. The van der Waals surface area contributed by atoms with E-state index in [9.17, 15) is 0 Å². The van der Waals surface area contributed by atoms with Gasteiger partial charge in [0, 0.05) is 5.56 Å². The van der Waals surface area contributed by atoms with Gasteiger partial charge < -0.3 is 4.74 Å². The first-order chi connectivity index (χ1) is 7.87. The van der Waals surface area contributed by atoms with Gasteiger partial charge in [-0.05, 0) is 69.4 Å². The number of rotatable bonds is 1. The minimum Gasteiger partial charge on any atom is -0.483 e. The lowest BCUT2D eigenvalue weighted by molar-refractivity contribution is 0.157. The molecule has 1 heterocycles. The molecule has 0 saturated carbocycles. The van der Waals surface area contributed by atoms with Crippen LogP contribution in [0.2, 0.25) is 0 Å². The average molecular weight is 230 g/mol. The molecule has 1 aromatic rings. The zero-order chi connectivity index (χ0) is 12.8. The first kappa shape index (κ1) is 12.2. The Kier molecular flexibility index (Phi) is 2.81. The molecule has 1 heteroatoms. The van der Waals surface area contributed by atoms with E-state index in [0.29, 0.717) is 0 Å². The summed E-state index contributed by atoms with van der Waals surface area (Å²) in [6.07, 6.45) is 5.45. The quantitative estimate of drug-likeness (QED) is 0.696. The van der Waals surface area contributed by atoms with Crippen molar-refractivity contribution in [1.29, 1.82) is 0 Å². The molecule has 1 aliphatic heterocycles. The third kappa shape index (κ3) is 1.88. The average Bonchev–Trinajstić information content (AvgIpc) is 2.27. The SMILES string of the molecule is CCc1c(C)c(C)c(C)c2c1C=CC(C)(C)O2. The molecule has 0 fully saturated rings. The number of benzene rings is 1. The summed E-state index contributed by atoms with van der Waals surface area (Å²) < 4.78 is 6.14. The van der Waals surface area contributed by atoms with Crippen molar-refractivity contribution >= 4 is 6.08 Å². The lowest BCUT2D eigenvalue weighted by atomic mass is 9.88. The Morgan fingerprint density at radius 1 is 1.06 bits per heavy atom. The van der Waals surface area contributed by atoms with E-state index in [1.54, 1.807) is 0 Å². The molecule has 17 heavy (non-hydrogen) atoms. The number of hydrogen-bond donors (Lipinski definition) is 0. The molecule has 1 aliphatic rings. The molecule has 0 aromatic heterocycles. The van der Waals surface area contributed by atoms with Gasteiger partial charge in [0.1, 0.15) is 11.4 Å². The van der Waals surface area contributed by atoms with Crippen LogP contribution in [0.4, 0.5) is 0 Å². The monoisotopic (exact) mass is 230 g/mol. The molecule has 0 saturated heterocycles. The summed E-state index contributed by atoms with van der Waals surface area (Å²) in [5.74, 6) is 1.08. The Morgan fingerprint density at radius 3 is 2.29 bits per heavy atom. The molecule has 0 N–H and O–H groups in total. The van der Waals surface area contributed by atoms with Crippen LogP contribution in [0.5, 0.6) is 5.75 Å². The maximum atomic E-state index is 6.14. The van der Waals surface area contributed by atoms with Gasteiger partial charge in [0.25, 0.3) is 0 Å². The number of hydrogen-bond acceptors (Lipinski definition) is 1. The fourth-order valence-electron chi connectivity index (χ4n) is 2.56. The molecule has 2 rings (SSSR count). The maximum Gasteiger partial charge on any atom is 0.131 e. The van der Waals surface area contributed by atoms with Gasteiger partial charge in [0.05, 0.1) is 0 Å². The molecule has 0 bridgehead atoms. The highest BCUT2D eigenvalue weighted by molar-refractivity contribution is 5.70. The van der Waals surface area contributed by atoms with Crippen LogP contribution in [0.1, 0.15) is 48.6 Å². The third-order valence-corrected chi connectivity index (χ3v) is 3.86. The molecule has 0 aliphatic carbocycles. The van der Waals surface area contributed by atoms with E-state index in [1.165, 1.54) is 27.8 Å². The zero-order valence-electron chi connectivity index (χ0n) is 11.8. The van der Waals surface area contributed by atoms with Crippen LogP contribution in [0, 0.1) is 20.8 Å². The van der Waals surface area contributed by atoms with Crippen LogP contribution in [-0.2, 0) is 6.42 Å². The molecule has 0 spiro atoms. The topological polar surface area (TPSA) is 9.23 Å². The summed E-state index contributed by atoms with van der Waals surface area (Å²) in [6, 6.07) is 0. The van der Waals surface area contributed by atoms with Gasteiger partial charge in [-0.15, -0.1) is 0 Å². The number of ether oxygens (including phenoxy) is 1. The van der Waals surface area contributed by atoms with Crippen LogP contribution in [-0.4, -0.2) is 5.60 Å². The minimum atomic E-state index is -0.190. The predicted octanol–water partition coefficient (Wildman–Crippen LogP) is 4.36. The molecule has 0 amide bonds. The van der Waals surface area contributed by atoms with Gasteiger partial charge in [-0.2, -0.15) is 0 Å². The van der Waals surface area contributed by atoms with Crippen molar-refractivity contribution in [2.45, 2.75) is 53.6 Å². The maximum absolute atomic E-state index is 6.14. The normalized spacial score (nSPS) is 16.6. The molecule has 0 atom stereocenters. The van der Waals surface area contributed by atoms with Crippen molar-refractivity contribution in [1.82, 2.24) is 0 Å². The fraction of sp³-hybridized carbons (Fsp3) is 0.500. The van der Waals surface area contributed by atoms with Crippen molar-refractivity contribution in [3.8, 4) is 5.75 Å². The van der Waals surface area contributed by atoms with Crippen LogP contribution in [0.3, 0.4) is 0 Å². The van der Waals surface area contributed by atoms with E-state index < -0.39 is 0 Å². The highest BCUT2D eigenvalue weighted by atomic mass is 16.5. The minimum absolute atomic E-state index is 0.190. The Balaban J connectivity index is 2.74. The van der Waals surface area contributed by atoms with Gasteiger partial charge in [-0.25, -0.2) is 0 Å². The Labute approximate surface area is 104 Å². The van der Waals surface area contributed by atoms with E-state index in [4.69, 9.17) is 4.74 Å².